The first-order valence-corrected chi connectivity index (χ1v) is 7.73. The van der Waals surface area contributed by atoms with Crippen molar-refractivity contribution >= 4 is 16.0 Å². The SMILES string of the molecule is CCOC(=O)c1[nH]c(C)c(S(=O)(=O)NC2CC2)c1C. The second-order valence-electron chi connectivity index (χ2n) is 4.70. The minimum absolute atomic E-state index is 0.0322. The molecule has 6 nitrogen and oxygen atoms in total. The molecule has 1 aliphatic rings. The van der Waals surface area contributed by atoms with Crippen molar-refractivity contribution in [3.63, 3.8) is 0 Å². The number of esters is 1. The third kappa shape index (κ3) is 2.82. The molecule has 0 spiro atoms. The van der Waals surface area contributed by atoms with Gasteiger partial charge in [0.2, 0.25) is 10.0 Å². The van der Waals surface area contributed by atoms with Crippen LogP contribution in [-0.2, 0) is 14.8 Å². The first kappa shape index (κ1) is 14.1. The molecule has 0 aliphatic heterocycles. The number of hydrogen-bond donors (Lipinski definition) is 2. The summed E-state index contributed by atoms with van der Waals surface area (Å²) >= 11 is 0. The molecule has 2 N–H and O–H groups in total. The second-order valence-corrected chi connectivity index (χ2v) is 6.35. The highest BCUT2D eigenvalue weighted by atomic mass is 32.2. The number of carbonyl (C=O) groups excluding carboxylic acids is 1. The number of rotatable bonds is 5. The molecule has 19 heavy (non-hydrogen) atoms. The maximum atomic E-state index is 12.2. The quantitative estimate of drug-likeness (QED) is 0.797. The monoisotopic (exact) mass is 286 g/mol. The van der Waals surface area contributed by atoms with E-state index in [0.717, 1.165) is 12.8 Å². The summed E-state index contributed by atoms with van der Waals surface area (Å²) in [6, 6.07) is 0.0322. The molecule has 1 aliphatic carbocycles. The van der Waals surface area contributed by atoms with Crippen molar-refractivity contribution in [1.29, 1.82) is 0 Å². The van der Waals surface area contributed by atoms with Gasteiger partial charge in [0.25, 0.3) is 0 Å². The zero-order valence-corrected chi connectivity index (χ0v) is 12.1. The highest BCUT2D eigenvalue weighted by Crippen LogP contribution is 2.27. The summed E-state index contributed by atoms with van der Waals surface area (Å²) in [5.41, 5.74) is 1.06. The number of sulfonamides is 1. The van der Waals surface area contributed by atoms with Gasteiger partial charge in [-0.3, -0.25) is 0 Å². The molecule has 2 rings (SSSR count). The highest BCUT2D eigenvalue weighted by Gasteiger charge is 2.32. The summed E-state index contributed by atoms with van der Waals surface area (Å²) in [5, 5.41) is 0. The first-order valence-electron chi connectivity index (χ1n) is 6.25. The summed E-state index contributed by atoms with van der Waals surface area (Å²) in [5.74, 6) is -0.532. The number of H-pyrrole nitrogens is 1. The maximum absolute atomic E-state index is 12.2. The Morgan fingerprint density at radius 3 is 2.58 bits per heavy atom. The minimum atomic E-state index is -3.58. The standard InChI is InChI=1S/C12H18N2O4S/c1-4-18-12(15)10-7(2)11(8(3)13-10)19(16,17)14-9-5-6-9/h9,13-14H,4-6H2,1-3H3. The molecule has 0 unspecified atom stereocenters. The van der Waals surface area contributed by atoms with E-state index in [2.05, 4.69) is 9.71 Å². The van der Waals surface area contributed by atoms with E-state index in [9.17, 15) is 13.2 Å². The molecule has 1 aromatic rings. The van der Waals surface area contributed by atoms with Crippen LogP contribution in [0.5, 0.6) is 0 Å². The summed E-state index contributed by atoms with van der Waals surface area (Å²) in [6.45, 7) is 5.20. The van der Waals surface area contributed by atoms with E-state index in [1.807, 2.05) is 0 Å². The van der Waals surface area contributed by atoms with Crippen molar-refractivity contribution in [2.75, 3.05) is 6.61 Å². The zero-order chi connectivity index (χ0) is 14.2. The van der Waals surface area contributed by atoms with Crippen LogP contribution in [0, 0.1) is 13.8 Å². The van der Waals surface area contributed by atoms with E-state index in [4.69, 9.17) is 4.74 Å². The van der Waals surface area contributed by atoms with Crippen LogP contribution in [0.25, 0.3) is 0 Å². The van der Waals surface area contributed by atoms with Gasteiger partial charge in [-0.25, -0.2) is 17.9 Å². The average Bonchev–Trinajstić information content (AvgIpc) is 3.02. The Morgan fingerprint density at radius 2 is 2.05 bits per heavy atom. The van der Waals surface area contributed by atoms with Gasteiger partial charge < -0.3 is 9.72 Å². The van der Waals surface area contributed by atoms with Crippen LogP contribution in [0.1, 0.15) is 41.5 Å². The lowest BCUT2D eigenvalue weighted by molar-refractivity contribution is 0.0519. The van der Waals surface area contributed by atoms with E-state index in [0.29, 0.717) is 11.3 Å². The van der Waals surface area contributed by atoms with Crippen LogP contribution in [0.3, 0.4) is 0 Å². The number of aromatic amines is 1. The lowest BCUT2D eigenvalue weighted by Crippen LogP contribution is -2.26. The lowest BCUT2D eigenvalue weighted by Gasteiger charge is -2.06. The molecule has 1 aromatic heterocycles. The summed E-state index contributed by atoms with van der Waals surface area (Å²) in [7, 11) is -3.58. The average molecular weight is 286 g/mol. The third-order valence-electron chi connectivity index (χ3n) is 3.02. The molecule has 0 radical (unpaired) electrons. The first-order chi connectivity index (χ1) is 8.86. The summed E-state index contributed by atoms with van der Waals surface area (Å²) < 4.78 is 32.0. The van der Waals surface area contributed by atoms with E-state index < -0.39 is 16.0 Å². The zero-order valence-electron chi connectivity index (χ0n) is 11.2. The Bertz CT molecular complexity index is 599. The van der Waals surface area contributed by atoms with Gasteiger partial charge >= 0.3 is 5.97 Å². The van der Waals surface area contributed by atoms with Crippen LogP contribution in [0.2, 0.25) is 0 Å². The molecule has 0 atom stereocenters. The molecular formula is C12H18N2O4S. The van der Waals surface area contributed by atoms with E-state index in [1.165, 1.54) is 0 Å². The van der Waals surface area contributed by atoms with Gasteiger partial charge in [0.05, 0.1) is 6.61 Å². The molecule has 0 amide bonds. The van der Waals surface area contributed by atoms with Gasteiger partial charge in [-0.2, -0.15) is 0 Å². The van der Waals surface area contributed by atoms with Crippen molar-refractivity contribution in [2.45, 2.75) is 44.6 Å². The lowest BCUT2D eigenvalue weighted by atomic mass is 10.2. The molecule has 0 bridgehead atoms. The van der Waals surface area contributed by atoms with Crippen molar-refractivity contribution in [3.8, 4) is 0 Å². The molecular weight excluding hydrogens is 268 g/mol. The molecule has 1 fully saturated rings. The molecule has 0 aromatic carbocycles. The highest BCUT2D eigenvalue weighted by molar-refractivity contribution is 7.89. The summed E-state index contributed by atoms with van der Waals surface area (Å²) in [6.07, 6.45) is 1.74. The Labute approximate surface area is 112 Å². The Kier molecular flexibility index (Phi) is 3.69. The van der Waals surface area contributed by atoms with Crippen LogP contribution in [0.15, 0.2) is 4.90 Å². The largest absolute Gasteiger partial charge is 0.461 e. The molecule has 0 saturated heterocycles. The van der Waals surface area contributed by atoms with Crippen LogP contribution in [-0.4, -0.2) is 32.0 Å². The van der Waals surface area contributed by atoms with Crippen molar-refractivity contribution < 1.29 is 17.9 Å². The van der Waals surface area contributed by atoms with Gasteiger partial charge in [-0.15, -0.1) is 0 Å². The maximum Gasteiger partial charge on any atom is 0.355 e. The Balaban J connectivity index is 2.38. The molecule has 1 saturated carbocycles. The van der Waals surface area contributed by atoms with Crippen molar-refractivity contribution in [1.82, 2.24) is 9.71 Å². The van der Waals surface area contributed by atoms with Gasteiger partial charge in [-0.05, 0) is 33.6 Å². The fraction of sp³-hybridized carbons (Fsp3) is 0.583. The number of aromatic nitrogens is 1. The van der Waals surface area contributed by atoms with E-state index in [1.54, 1.807) is 20.8 Å². The molecule has 106 valence electrons. The number of hydrogen-bond acceptors (Lipinski definition) is 4. The molecule has 1 heterocycles. The Morgan fingerprint density at radius 1 is 1.42 bits per heavy atom. The topological polar surface area (TPSA) is 88.3 Å². The van der Waals surface area contributed by atoms with Crippen molar-refractivity contribution in [2.24, 2.45) is 0 Å². The Hall–Kier alpha value is -1.34. The van der Waals surface area contributed by atoms with Crippen LogP contribution in [0.4, 0.5) is 0 Å². The van der Waals surface area contributed by atoms with Gasteiger partial charge in [0, 0.05) is 17.3 Å². The van der Waals surface area contributed by atoms with Gasteiger partial charge in [-0.1, -0.05) is 0 Å². The van der Waals surface area contributed by atoms with Gasteiger partial charge in [0.15, 0.2) is 0 Å². The van der Waals surface area contributed by atoms with Crippen molar-refractivity contribution in [3.05, 3.63) is 17.0 Å². The second kappa shape index (κ2) is 4.97. The van der Waals surface area contributed by atoms with Crippen LogP contribution < -0.4 is 4.72 Å². The van der Waals surface area contributed by atoms with E-state index >= 15 is 0 Å². The number of aryl methyl sites for hydroxylation is 1. The fourth-order valence-electron chi connectivity index (χ4n) is 2.02. The number of nitrogens with one attached hydrogen (secondary N) is 2. The van der Waals surface area contributed by atoms with Gasteiger partial charge in [0.1, 0.15) is 10.6 Å². The smallest absolute Gasteiger partial charge is 0.355 e. The molecule has 7 heteroatoms. The van der Waals surface area contributed by atoms with Crippen LogP contribution >= 0.6 is 0 Å². The predicted molar refractivity (Wildman–Crippen MR) is 69.6 cm³/mol. The normalized spacial score (nSPS) is 15.5. The summed E-state index contributed by atoms with van der Waals surface area (Å²) in [4.78, 5) is 14.7. The third-order valence-corrected chi connectivity index (χ3v) is 4.81. The number of carbonyl (C=O) groups is 1. The number of ether oxygens (including phenoxy) is 1. The fourth-order valence-corrected chi connectivity index (χ4v) is 3.77. The minimum Gasteiger partial charge on any atom is -0.461 e. The predicted octanol–water partition coefficient (Wildman–Crippen LogP) is 1.25. The van der Waals surface area contributed by atoms with E-state index in [-0.39, 0.29) is 23.2 Å².